The van der Waals surface area contributed by atoms with Crippen molar-refractivity contribution in [3.05, 3.63) is 78.0 Å². The summed E-state index contributed by atoms with van der Waals surface area (Å²) < 4.78 is 36.6. The minimum absolute atomic E-state index is 0.0367. The van der Waals surface area contributed by atoms with Gasteiger partial charge in [0, 0.05) is 55.1 Å². The highest BCUT2D eigenvalue weighted by atomic mass is 32.2. The Hall–Kier alpha value is -4.45. The molecule has 0 radical (unpaired) electrons. The standard InChI is InChI=1S/C29H31N5O2S.C3H3F3O/c1-5-30-24-9-7-6-8-20(24)17-37-29-32-31-28(23-15-22(18(2)3)26(35)16-27(23)36)34(29)21-10-11-25-19(14-21)12-13-33(25)4;1-2(7)3(4,5)6/h6-16,18,30,35-36H,5,17H2,1-4H3;1H3. The lowest BCUT2D eigenvalue weighted by molar-refractivity contribution is -0.168. The Kier molecular flexibility index (Phi) is 9.93. The first-order valence-corrected chi connectivity index (χ1v) is 14.9. The second-order valence-corrected chi connectivity index (χ2v) is 11.4. The first-order valence-electron chi connectivity index (χ1n) is 13.9. The van der Waals surface area contributed by atoms with E-state index in [9.17, 15) is 28.2 Å². The van der Waals surface area contributed by atoms with E-state index in [1.165, 1.54) is 11.6 Å². The number of phenols is 2. The molecule has 0 atom stereocenters. The third-order valence-electron chi connectivity index (χ3n) is 6.91. The molecule has 3 aromatic carbocycles. The summed E-state index contributed by atoms with van der Waals surface area (Å²) in [4.78, 5) is 9.34. The number of hydrogen-bond acceptors (Lipinski definition) is 7. The fraction of sp³-hybridized carbons (Fsp3) is 0.281. The van der Waals surface area contributed by atoms with Gasteiger partial charge in [-0.2, -0.15) is 13.2 Å². The molecule has 0 unspecified atom stereocenters. The fourth-order valence-electron chi connectivity index (χ4n) is 4.57. The average molecular weight is 626 g/mol. The molecule has 0 bridgehead atoms. The summed E-state index contributed by atoms with van der Waals surface area (Å²) in [5.74, 6) is -0.418. The van der Waals surface area contributed by atoms with Crippen LogP contribution in [0.1, 0.15) is 44.7 Å². The average Bonchev–Trinajstić information content (AvgIpc) is 3.55. The number of rotatable bonds is 8. The number of carbonyl (C=O) groups is 1. The van der Waals surface area contributed by atoms with Gasteiger partial charge in [0.1, 0.15) is 11.5 Å². The van der Waals surface area contributed by atoms with Crippen molar-refractivity contribution in [2.24, 2.45) is 7.05 Å². The number of nitrogens with zero attached hydrogens (tertiary/aromatic N) is 4. The van der Waals surface area contributed by atoms with E-state index >= 15 is 0 Å². The van der Waals surface area contributed by atoms with Crippen LogP contribution in [-0.4, -0.2) is 48.0 Å². The van der Waals surface area contributed by atoms with Crippen molar-refractivity contribution < 1.29 is 28.2 Å². The molecule has 3 N–H and O–H groups in total. The number of Topliss-reactive ketones (excluding diaryl/α,β-unsaturated/α-hetero) is 1. The lowest BCUT2D eigenvalue weighted by Gasteiger charge is -2.15. The number of hydrogen-bond donors (Lipinski definition) is 3. The lowest BCUT2D eigenvalue weighted by Crippen LogP contribution is -2.18. The quantitative estimate of drug-likeness (QED) is 0.151. The van der Waals surface area contributed by atoms with Gasteiger partial charge >= 0.3 is 6.18 Å². The van der Waals surface area contributed by atoms with Crippen LogP contribution in [0.3, 0.4) is 0 Å². The summed E-state index contributed by atoms with van der Waals surface area (Å²) in [6.45, 7) is 7.43. The molecule has 0 aliphatic rings. The van der Waals surface area contributed by atoms with Crippen molar-refractivity contribution in [1.82, 2.24) is 19.3 Å². The van der Waals surface area contributed by atoms with Crippen LogP contribution < -0.4 is 5.32 Å². The largest absolute Gasteiger partial charge is 0.508 e. The first kappa shape index (κ1) is 32.5. The molecule has 5 aromatic rings. The van der Waals surface area contributed by atoms with E-state index in [-0.39, 0.29) is 17.4 Å². The number of aryl methyl sites for hydroxylation is 1. The number of benzene rings is 3. The van der Waals surface area contributed by atoms with Gasteiger partial charge in [0.15, 0.2) is 11.0 Å². The van der Waals surface area contributed by atoms with Crippen molar-refractivity contribution in [2.45, 2.75) is 50.7 Å². The summed E-state index contributed by atoms with van der Waals surface area (Å²) in [7, 11) is 2.02. The predicted molar refractivity (Wildman–Crippen MR) is 168 cm³/mol. The Morgan fingerprint density at radius 1 is 1.02 bits per heavy atom. The number of ketones is 1. The maximum absolute atomic E-state index is 10.9. The second kappa shape index (κ2) is 13.5. The molecule has 2 heterocycles. The van der Waals surface area contributed by atoms with Gasteiger partial charge in [-0.05, 0) is 60.4 Å². The molecule has 232 valence electrons. The number of anilines is 1. The molecule has 44 heavy (non-hydrogen) atoms. The first-order chi connectivity index (χ1) is 20.8. The van der Waals surface area contributed by atoms with Crippen molar-refractivity contribution in [3.63, 3.8) is 0 Å². The molecule has 12 heteroatoms. The molecule has 0 aliphatic carbocycles. The van der Waals surface area contributed by atoms with E-state index in [1.807, 2.05) is 55.9 Å². The van der Waals surface area contributed by atoms with Crippen LogP contribution in [0.15, 0.2) is 72.0 Å². The molecular weight excluding hydrogens is 591 g/mol. The number of halogens is 3. The van der Waals surface area contributed by atoms with Crippen LogP contribution in [0.4, 0.5) is 18.9 Å². The monoisotopic (exact) mass is 625 g/mol. The minimum Gasteiger partial charge on any atom is -0.508 e. The van der Waals surface area contributed by atoms with E-state index in [2.05, 4.69) is 57.3 Å². The molecule has 2 aromatic heterocycles. The molecule has 0 saturated carbocycles. The number of phenolic OH excluding ortho intramolecular Hbond substituents is 2. The molecule has 0 spiro atoms. The summed E-state index contributed by atoms with van der Waals surface area (Å²) in [5, 5.41) is 35.6. The number of para-hydroxylation sites is 1. The van der Waals surface area contributed by atoms with Crippen molar-refractivity contribution in [2.75, 3.05) is 11.9 Å². The van der Waals surface area contributed by atoms with E-state index in [0.717, 1.165) is 39.5 Å². The maximum Gasteiger partial charge on any atom is 0.449 e. The fourth-order valence-corrected chi connectivity index (χ4v) is 5.52. The third-order valence-corrected chi connectivity index (χ3v) is 7.89. The van der Waals surface area contributed by atoms with Gasteiger partial charge in [-0.3, -0.25) is 9.36 Å². The number of aromatic nitrogens is 4. The lowest BCUT2D eigenvalue weighted by atomic mass is 9.98. The molecule has 0 aliphatic heterocycles. The Morgan fingerprint density at radius 3 is 2.39 bits per heavy atom. The van der Waals surface area contributed by atoms with Gasteiger partial charge in [-0.1, -0.05) is 43.8 Å². The topological polar surface area (TPSA) is 105 Å². The Morgan fingerprint density at radius 2 is 1.73 bits per heavy atom. The Balaban J connectivity index is 0.000000566. The summed E-state index contributed by atoms with van der Waals surface area (Å²) in [6, 6.07) is 19.8. The van der Waals surface area contributed by atoms with Gasteiger partial charge < -0.3 is 20.1 Å². The van der Waals surface area contributed by atoms with E-state index in [0.29, 0.717) is 24.1 Å². The molecule has 0 amide bonds. The van der Waals surface area contributed by atoms with Crippen LogP contribution in [0, 0.1) is 0 Å². The van der Waals surface area contributed by atoms with Gasteiger partial charge in [-0.25, -0.2) is 0 Å². The smallest absolute Gasteiger partial charge is 0.449 e. The molecule has 0 saturated heterocycles. The minimum atomic E-state index is -4.64. The summed E-state index contributed by atoms with van der Waals surface area (Å²) >= 11 is 1.59. The van der Waals surface area contributed by atoms with Crippen LogP contribution in [0.5, 0.6) is 11.5 Å². The zero-order chi connectivity index (χ0) is 32.2. The molecule has 8 nitrogen and oxygen atoms in total. The number of carbonyl (C=O) groups excluding carboxylic acids is 1. The number of alkyl halides is 3. The van der Waals surface area contributed by atoms with Crippen molar-refractivity contribution in [1.29, 1.82) is 0 Å². The van der Waals surface area contributed by atoms with Gasteiger partial charge in [0.25, 0.3) is 0 Å². The molecule has 5 rings (SSSR count). The maximum atomic E-state index is 10.9. The number of nitrogens with one attached hydrogen (secondary N) is 1. The van der Waals surface area contributed by atoms with Gasteiger partial charge in [-0.15, -0.1) is 10.2 Å². The van der Waals surface area contributed by atoms with Crippen LogP contribution >= 0.6 is 11.8 Å². The van der Waals surface area contributed by atoms with Crippen molar-refractivity contribution >= 4 is 34.1 Å². The Labute approximate surface area is 257 Å². The zero-order valence-corrected chi connectivity index (χ0v) is 25.8. The summed E-state index contributed by atoms with van der Waals surface area (Å²) in [5.41, 5.74) is 5.59. The van der Waals surface area contributed by atoms with Crippen molar-refractivity contribution in [3.8, 4) is 28.6 Å². The number of fused-ring (bicyclic) bond motifs is 1. The third kappa shape index (κ3) is 7.19. The normalized spacial score (nSPS) is 11.5. The highest BCUT2D eigenvalue weighted by molar-refractivity contribution is 7.98. The second-order valence-electron chi connectivity index (χ2n) is 10.4. The van der Waals surface area contributed by atoms with Crippen LogP contribution in [-0.2, 0) is 17.6 Å². The van der Waals surface area contributed by atoms with E-state index in [1.54, 1.807) is 11.8 Å². The number of aromatic hydroxyl groups is 2. The van der Waals surface area contributed by atoms with E-state index in [4.69, 9.17) is 0 Å². The van der Waals surface area contributed by atoms with Gasteiger partial charge in [0.05, 0.1) is 11.3 Å². The Bertz CT molecular complexity index is 1780. The highest BCUT2D eigenvalue weighted by Gasteiger charge is 2.33. The SMILES string of the molecule is CC(=O)C(F)(F)F.CCNc1ccccc1CSc1nnc(-c2cc(C(C)C)c(O)cc2O)n1-c1ccc2c(ccn2C)c1. The highest BCUT2D eigenvalue weighted by Crippen LogP contribution is 2.40. The predicted octanol–water partition coefficient (Wildman–Crippen LogP) is 7.82. The number of thioether (sulfide) groups is 1. The molecule has 0 fully saturated rings. The van der Waals surface area contributed by atoms with E-state index < -0.39 is 12.0 Å². The van der Waals surface area contributed by atoms with Gasteiger partial charge in [0.2, 0.25) is 5.78 Å². The van der Waals surface area contributed by atoms with Crippen LogP contribution in [0.25, 0.3) is 28.0 Å². The zero-order valence-electron chi connectivity index (χ0n) is 25.0. The summed E-state index contributed by atoms with van der Waals surface area (Å²) in [6.07, 6.45) is -2.60. The molecular formula is C32H34F3N5O3S. The van der Waals surface area contributed by atoms with Crippen LogP contribution in [0.2, 0.25) is 0 Å².